The van der Waals surface area contributed by atoms with E-state index in [9.17, 15) is 13.2 Å². The van der Waals surface area contributed by atoms with Crippen LogP contribution in [0.2, 0.25) is 5.02 Å². The monoisotopic (exact) mass is 326 g/mol. The highest BCUT2D eigenvalue weighted by molar-refractivity contribution is 7.88. The normalized spacial score (nSPS) is 17.0. The van der Waals surface area contributed by atoms with Crippen LogP contribution in [0, 0.1) is 5.92 Å². The zero-order valence-corrected chi connectivity index (χ0v) is 13.1. The van der Waals surface area contributed by atoms with Crippen molar-refractivity contribution in [3.8, 4) is 0 Å². The quantitative estimate of drug-likeness (QED) is 0.859. The molecule has 0 aliphatic carbocycles. The zero-order chi connectivity index (χ0) is 15.2. The van der Waals surface area contributed by atoms with E-state index in [2.05, 4.69) is 0 Å². The van der Waals surface area contributed by atoms with Gasteiger partial charge >= 0.3 is 0 Å². The number of nitrogens with zero attached hydrogens (tertiary/aromatic N) is 2. The van der Waals surface area contributed by atoms with Crippen molar-refractivity contribution in [3.63, 3.8) is 0 Å². The van der Waals surface area contributed by atoms with Crippen LogP contribution in [0.5, 0.6) is 0 Å². The molecule has 1 aliphatic rings. The number of aromatic nitrogens is 1. The molecule has 0 amide bonds. The van der Waals surface area contributed by atoms with Crippen LogP contribution in [-0.4, -0.2) is 36.6 Å². The predicted molar refractivity (Wildman–Crippen MR) is 83.1 cm³/mol. The Morgan fingerprint density at radius 1 is 1.24 bits per heavy atom. The molecule has 1 saturated heterocycles. The summed E-state index contributed by atoms with van der Waals surface area (Å²) in [6.45, 7) is 1.42. The maximum atomic E-state index is 12.1. The van der Waals surface area contributed by atoms with Crippen LogP contribution in [0.3, 0.4) is 0 Å². The molecule has 0 atom stereocenters. The number of fused-ring (bicyclic) bond motifs is 1. The third-order valence-corrected chi connectivity index (χ3v) is 5.26. The first-order chi connectivity index (χ1) is 9.84. The number of rotatable bonds is 3. The molecule has 2 heterocycles. The molecule has 5 nitrogen and oxygen atoms in total. The van der Waals surface area contributed by atoms with Crippen molar-refractivity contribution in [3.05, 3.63) is 45.7 Å². The molecule has 2 aromatic rings. The minimum absolute atomic E-state index is 0.0948. The second-order valence-corrected chi connectivity index (χ2v) is 7.85. The summed E-state index contributed by atoms with van der Waals surface area (Å²) in [5.41, 5.74) is 0.690. The molecule has 7 heteroatoms. The Morgan fingerprint density at radius 2 is 1.90 bits per heavy atom. The molecule has 1 aliphatic heterocycles. The third kappa shape index (κ3) is 2.84. The van der Waals surface area contributed by atoms with Gasteiger partial charge in [-0.2, -0.15) is 0 Å². The molecule has 3 rings (SSSR count). The van der Waals surface area contributed by atoms with Gasteiger partial charge in [-0.1, -0.05) is 17.7 Å². The van der Waals surface area contributed by atoms with Crippen molar-refractivity contribution < 1.29 is 8.42 Å². The number of pyridine rings is 1. The van der Waals surface area contributed by atoms with E-state index in [4.69, 9.17) is 11.6 Å². The average Bonchev–Trinajstić information content (AvgIpc) is 2.33. The minimum atomic E-state index is -3.13. The lowest BCUT2D eigenvalue weighted by Gasteiger charge is -2.37. The van der Waals surface area contributed by atoms with E-state index >= 15 is 0 Å². The maximum absolute atomic E-state index is 12.1. The van der Waals surface area contributed by atoms with Gasteiger partial charge < -0.3 is 4.57 Å². The molecule has 0 spiro atoms. The Bertz CT molecular complexity index is 854. The van der Waals surface area contributed by atoms with Gasteiger partial charge in [-0.3, -0.25) is 4.79 Å². The molecule has 0 N–H and O–H groups in total. The molecule has 1 fully saturated rings. The van der Waals surface area contributed by atoms with Crippen LogP contribution < -0.4 is 5.56 Å². The summed E-state index contributed by atoms with van der Waals surface area (Å²) in [5.74, 6) is 0.155. The van der Waals surface area contributed by atoms with Gasteiger partial charge in [0, 0.05) is 36.6 Å². The Balaban J connectivity index is 1.90. The first-order valence-corrected chi connectivity index (χ1v) is 8.81. The average molecular weight is 327 g/mol. The summed E-state index contributed by atoms with van der Waals surface area (Å²) < 4.78 is 25.8. The van der Waals surface area contributed by atoms with E-state index in [0.29, 0.717) is 24.7 Å². The van der Waals surface area contributed by atoms with Gasteiger partial charge in [0.05, 0.1) is 11.8 Å². The van der Waals surface area contributed by atoms with Crippen LogP contribution in [0.1, 0.15) is 0 Å². The van der Waals surface area contributed by atoms with Gasteiger partial charge in [0.25, 0.3) is 5.56 Å². The van der Waals surface area contributed by atoms with Gasteiger partial charge in [0.15, 0.2) is 0 Å². The Kier molecular flexibility index (Phi) is 3.55. The van der Waals surface area contributed by atoms with Crippen molar-refractivity contribution in [1.29, 1.82) is 0 Å². The topological polar surface area (TPSA) is 59.4 Å². The molecule has 0 unspecified atom stereocenters. The highest BCUT2D eigenvalue weighted by atomic mass is 35.5. The highest BCUT2D eigenvalue weighted by Gasteiger charge is 2.33. The molecule has 0 bridgehead atoms. The minimum Gasteiger partial charge on any atom is -0.308 e. The predicted octanol–water partition coefficient (Wildman–Crippen LogP) is 1.55. The summed E-state index contributed by atoms with van der Waals surface area (Å²) in [6, 6.07) is 8.73. The summed E-state index contributed by atoms with van der Waals surface area (Å²) >= 11 is 6.01. The van der Waals surface area contributed by atoms with E-state index in [1.165, 1.54) is 16.6 Å². The van der Waals surface area contributed by atoms with Gasteiger partial charge in [-0.15, -0.1) is 0 Å². The van der Waals surface area contributed by atoms with Crippen molar-refractivity contribution in [1.82, 2.24) is 8.87 Å². The second kappa shape index (κ2) is 5.12. The highest BCUT2D eigenvalue weighted by Crippen LogP contribution is 2.23. The summed E-state index contributed by atoms with van der Waals surface area (Å²) in [5, 5.41) is 1.52. The Morgan fingerprint density at radius 3 is 2.57 bits per heavy atom. The molecule has 21 heavy (non-hydrogen) atoms. The van der Waals surface area contributed by atoms with Crippen molar-refractivity contribution in [2.45, 2.75) is 6.54 Å². The molecular formula is C14H15ClN2O3S. The fraction of sp³-hybridized carbons (Fsp3) is 0.357. The van der Waals surface area contributed by atoms with Crippen LogP contribution in [-0.2, 0) is 16.6 Å². The van der Waals surface area contributed by atoms with E-state index < -0.39 is 10.0 Å². The van der Waals surface area contributed by atoms with Crippen molar-refractivity contribution >= 4 is 32.5 Å². The molecule has 0 radical (unpaired) electrons. The van der Waals surface area contributed by atoms with Gasteiger partial charge in [0.2, 0.25) is 10.0 Å². The van der Waals surface area contributed by atoms with Crippen molar-refractivity contribution in [2.24, 2.45) is 5.92 Å². The lowest BCUT2D eigenvalue weighted by molar-refractivity contribution is 0.181. The Labute approximate surface area is 127 Å². The van der Waals surface area contributed by atoms with E-state index in [1.807, 2.05) is 6.07 Å². The second-order valence-electron chi connectivity index (χ2n) is 5.43. The van der Waals surface area contributed by atoms with Crippen molar-refractivity contribution in [2.75, 3.05) is 19.3 Å². The fourth-order valence-electron chi connectivity index (χ4n) is 2.62. The van der Waals surface area contributed by atoms with Crippen LogP contribution in [0.25, 0.3) is 10.9 Å². The number of hydrogen-bond donors (Lipinski definition) is 0. The molecule has 112 valence electrons. The largest absolute Gasteiger partial charge is 0.308 e. The van der Waals surface area contributed by atoms with E-state index in [1.54, 1.807) is 22.8 Å². The number of benzene rings is 1. The summed E-state index contributed by atoms with van der Waals surface area (Å²) in [4.78, 5) is 12.1. The zero-order valence-electron chi connectivity index (χ0n) is 11.5. The number of sulfonamides is 1. The van der Waals surface area contributed by atoms with Crippen LogP contribution in [0.15, 0.2) is 35.1 Å². The lowest BCUT2D eigenvalue weighted by Crippen LogP contribution is -2.51. The van der Waals surface area contributed by atoms with Gasteiger partial charge in [0.1, 0.15) is 0 Å². The first-order valence-electron chi connectivity index (χ1n) is 6.59. The number of hydrogen-bond acceptors (Lipinski definition) is 3. The lowest BCUT2D eigenvalue weighted by atomic mass is 10.0. The summed E-state index contributed by atoms with van der Waals surface area (Å²) in [6.07, 6.45) is 1.20. The van der Waals surface area contributed by atoms with Crippen LogP contribution >= 0.6 is 11.6 Å². The van der Waals surface area contributed by atoms with E-state index in [0.717, 1.165) is 10.9 Å². The third-order valence-electron chi connectivity index (χ3n) is 3.79. The standard InChI is InChI=1S/C14H15ClN2O3S/c1-21(19,20)16-7-10(8-16)9-17-13-6-12(15)4-2-11(13)3-5-14(17)18/h2-6,10H,7-9H2,1H3. The smallest absolute Gasteiger partial charge is 0.251 e. The van der Waals surface area contributed by atoms with Gasteiger partial charge in [-0.25, -0.2) is 12.7 Å². The fourth-order valence-corrected chi connectivity index (χ4v) is 3.75. The van der Waals surface area contributed by atoms with Gasteiger partial charge in [-0.05, 0) is 23.6 Å². The Hall–Kier alpha value is -1.37. The number of halogens is 1. The van der Waals surface area contributed by atoms with E-state index in [-0.39, 0.29) is 11.5 Å². The SMILES string of the molecule is CS(=O)(=O)N1CC(Cn2c(=O)ccc3ccc(Cl)cc32)C1. The first kappa shape index (κ1) is 14.6. The summed E-state index contributed by atoms with van der Waals surface area (Å²) in [7, 11) is -3.13. The maximum Gasteiger partial charge on any atom is 0.251 e. The van der Waals surface area contributed by atoms with Crippen LogP contribution in [0.4, 0.5) is 0 Å². The molecule has 1 aromatic heterocycles. The molecule has 1 aromatic carbocycles. The molecular weight excluding hydrogens is 312 g/mol. The molecule has 0 saturated carbocycles.